The second kappa shape index (κ2) is 7.87. The van der Waals surface area contributed by atoms with Crippen LogP contribution in [0.5, 0.6) is 0 Å². The SMILES string of the molecule is CCOC(=O)C1(c2ccc(-c3ccc(-c4sc(CI)cc4N)cc3)cc2)CC1. The van der Waals surface area contributed by atoms with Crippen molar-refractivity contribution in [2.75, 3.05) is 12.3 Å². The van der Waals surface area contributed by atoms with Crippen LogP contribution in [0.4, 0.5) is 5.69 Å². The molecule has 0 amide bonds. The molecule has 1 aromatic heterocycles. The Labute approximate surface area is 183 Å². The quantitative estimate of drug-likeness (QED) is 0.248. The average Bonchev–Trinajstić information content (AvgIpc) is 3.45. The topological polar surface area (TPSA) is 52.3 Å². The Morgan fingerprint density at radius 2 is 1.64 bits per heavy atom. The van der Waals surface area contributed by atoms with Gasteiger partial charge < -0.3 is 10.5 Å². The molecular formula is C23H22INO2S. The molecule has 0 atom stereocenters. The summed E-state index contributed by atoms with van der Waals surface area (Å²) in [6.07, 6.45) is 1.75. The van der Waals surface area contributed by atoms with Crippen molar-refractivity contribution in [1.29, 1.82) is 0 Å². The van der Waals surface area contributed by atoms with Gasteiger partial charge in [0.2, 0.25) is 0 Å². The van der Waals surface area contributed by atoms with E-state index >= 15 is 0 Å². The molecule has 4 rings (SSSR count). The zero-order valence-corrected chi connectivity index (χ0v) is 18.7. The van der Waals surface area contributed by atoms with Gasteiger partial charge >= 0.3 is 5.97 Å². The number of esters is 1. The molecule has 1 saturated carbocycles. The number of hydrogen-bond acceptors (Lipinski definition) is 4. The first-order valence-electron chi connectivity index (χ1n) is 9.40. The van der Waals surface area contributed by atoms with E-state index in [-0.39, 0.29) is 5.97 Å². The number of nitrogen functional groups attached to an aromatic ring is 1. The number of hydrogen-bond donors (Lipinski definition) is 1. The van der Waals surface area contributed by atoms with Gasteiger partial charge in [0.1, 0.15) is 0 Å². The molecule has 0 saturated heterocycles. The highest BCUT2D eigenvalue weighted by Crippen LogP contribution is 2.49. The highest BCUT2D eigenvalue weighted by Gasteiger charge is 2.52. The average molecular weight is 503 g/mol. The van der Waals surface area contributed by atoms with Crippen molar-refractivity contribution in [3.63, 3.8) is 0 Å². The fourth-order valence-corrected chi connectivity index (χ4v) is 5.17. The van der Waals surface area contributed by atoms with Gasteiger partial charge in [-0.3, -0.25) is 4.79 Å². The summed E-state index contributed by atoms with van der Waals surface area (Å²) in [7, 11) is 0. The van der Waals surface area contributed by atoms with E-state index in [0.29, 0.717) is 6.61 Å². The zero-order chi connectivity index (χ0) is 19.7. The number of anilines is 1. The molecule has 3 aromatic rings. The number of rotatable bonds is 6. The van der Waals surface area contributed by atoms with Crippen LogP contribution in [0, 0.1) is 0 Å². The van der Waals surface area contributed by atoms with Crippen molar-refractivity contribution in [3.8, 4) is 21.6 Å². The standard InChI is InChI=1S/C23H22INO2S/c1-2-27-22(26)23(11-12-23)18-9-7-16(8-10-18)15-3-5-17(6-4-15)21-20(25)13-19(14-24)28-21/h3-10,13H,2,11-12,14,25H2,1H3. The number of nitrogens with two attached hydrogens (primary N) is 1. The smallest absolute Gasteiger partial charge is 0.316 e. The van der Waals surface area contributed by atoms with Gasteiger partial charge in [-0.15, -0.1) is 11.3 Å². The molecule has 5 heteroatoms. The minimum absolute atomic E-state index is 0.0912. The predicted octanol–water partition coefficient (Wildman–Crippen LogP) is 6.19. The van der Waals surface area contributed by atoms with Crippen molar-refractivity contribution in [2.45, 2.75) is 29.6 Å². The van der Waals surface area contributed by atoms with Gasteiger partial charge in [0, 0.05) is 9.30 Å². The van der Waals surface area contributed by atoms with E-state index in [0.717, 1.165) is 50.1 Å². The van der Waals surface area contributed by atoms with Crippen LogP contribution in [0.3, 0.4) is 0 Å². The summed E-state index contributed by atoms with van der Waals surface area (Å²) in [6.45, 7) is 2.28. The lowest BCUT2D eigenvalue weighted by Gasteiger charge is -2.14. The third kappa shape index (κ3) is 3.57. The molecule has 2 N–H and O–H groups in total. The summed E-state index contributed by atoms with van der Waals surface area (Å²) in [4.78, 5) is 14.7. The van der Waals surface area contributed by atoms with Crippen LogP contribution in [0.15, 0.2) is 54.6 Å². The van der Waals surface area contributed by atoms with E-state index in [1.54, 1.807) is 11.3 Å². The van der Waals surface area contributed by atoms with Crippen LogP contribution in [0.2, 0.25) is 0 Å². The maximum absolute atomic E-state index is 12.3. The van der Waals surface area contributed by atoms with Gasteiger partial charge in [0.25, 0.3) is 0 Å². The second-order valence-electron chi connectivity index (χ2n) is 7.09. The Hall–Kier alpha value is -1.86. The molecule has 1 aliphatic rings. The largest absolute Gasteiger partial charge is 0.465 e. The molecule has 0 radical (unpaired) electrons. The molecule has 0 spiro atoms. The first-order valence-corrected chi connectivity index (χ1v) is 11.7. The number of alkyl halides is 1. The maximum Gasteiger partial charge on any atom is 0.316 e. The van der Waals surface area contributed by atoms with Crippen LogP contribution in [-0.2, 0) is 19.4 Å². The number of benzene rings is 2. The minimum atomic E-state index is -0.411. The molecule has 1 fully saturated rings. The summed E-state index contributed by atoms with van der Waals surface area (Å²) >= 11 is 4.12. The fraction of sp³-hybridized carbons (Fsp3) is 0.261. The fourth-order valence-electron chi connectivity index (χ4n) is 3.55. The summed E-state index contributed by atoms with van der Waals surface area (Å²) in [5.41, 5.74) is 11.1. The van der Waals surface area contributed by atoms with Crippen LogP contribution < -0.4 is 5.73 Å². The lowest BCUT2D eigenvalue weighted by Crippen LogP contribution is -2.23. The predicted molar refractivity (Wildman–Crippen MR) is 125 cm³/mol. The molecule has 2 aromatic carbocycles. The number of ether oxygens (including phenoxy) is 1. The summed E-state index contributed by atoms with van der Waals surface area (Å²) in [5.74, 6) is -0.0912. The minimum Gasteiger partial charge on any atom is -0.465 e. The van der Waals surface area contributed by atoms with E-state index in [9.17, 15) is 4.79 Å². The van der Waals surface area contributed by atoms with Crippen LogP contribution in [0.25, 0.3) is 21.6 Å². The summed E-state index contributed by atoms with van der Waals surface area (Å²) < 4.78 is 6.24. The van der Waals surface area contributed by atoms with E-state index in [4.69, 9.17) is 10.5 Å². The number of carbonyl (C=O) groups excluding carboxylic acids is 1. The van der Waals surface area contributed by atoms with Crippen molar-refractivity contribution in [2.24, 2.45) is 0 Å². The number of thiophene rings is 1. The molecule has 28 heavy (non-hydrogen) atoms. The van der Waals surface area contributed by atoms with E-state index in [2.05, 4.69) is 77.2 Å². The zero-order valence-electron chi connectivity index (χ0n) is 15.7. The molecule has 144 valence electrons. The Morgan fingerprint density at radius 3 is 2.14 bits per heavy atom. The molecule has 1 heterocycles. The lowest BCUT2D eigenvalue weighted by atomic mass is 9.93. The Balaban J connectivity index is 1.55. The van der Waals surface area contributed by atoms with Gasteiger partial charge in [-0.25, -0.2) is 0 Å². The molecule has 0 bridgehead atoms. The van der Waals surface area contributed by atoms with Crippen molar-refractivity contribution < 1.29 is 9.53 Å². The van der Waals surface area contributed by atoms with E-state index in [1.807, 2.05) is 6.92 Å². The van der Waals surface area contributed by atoms with Crippen LogP contribution >= 0.6 is 33.9 Å². The van der Waals surface area contributed by atoms with Crippen molar-refractivity contribution in [3.05, 3.63) is 65.0 Å². The van der Waals surface area contributed by atoms with E-state index in [1.165, 1.54) is 4.88 Å². The van der Waals surface area contributed by atoms with Gasteiger partial charge in [-0.2, -0.15) is 0 Å². The Morgan fingerprint density at radius 1 is 1.07 bits per heavy atom. The van der Waals surface area contributed by atoms with Gasteiger partial charge in [0.05, 0.1) is 22.6 Å². The monoisotopic (exact) mass is 503 g/mol. The third-order valence-corrected chi connectivity index (χ3v) is 7.82. The molecule has 0 unspecified atom stereocenters. The third-order valence-electron chi connectivity index (χ3n) is 5.28. The van der Waals surface area contributed by atoms with Gasteiger partial charge in [0.15, 0.2) is 0 Å². The second-order valence-corrected chi connectivity index (χ2v) is 8.99. The number of carbonyl (C=O) groups is 1. The first-order chi connectivity index (χ1) is 13.6. The van der Waals surface area contributed by atoms with Crippen LogP contribution in [0.1, 0.15) is 30.2 Å². The van der Waals surface area contributed by atoms with Crippen molar-refractivity contribution in [1.82, 2.24) is 0 Å². The summed E-state index contributed by atoms with van der Waals surface area (Å²) in [5, 5.41) is 0. The molecule has 3 nitrogen and oxygen atoms in total. The van der Waals surface area contributed by atoms with E-state index < -0.39 is 5.41 Å². The lowest BCUT2D eigenvalue weighted by molar-refractivity contribution is -0.146. The maximum atomic E-state index is 12.3. The molecule has 0 aliphatic heterocycles. The highest BCUT2D eigenvalue weighted by molar-refractivity contribution is 14.1. The van der Waals surface area contributed by atoms with Gasteiger partial charge in [-0.05, 0) is 48.1 Å². The number of halogens is 1. The first kappa shape index (κ1) is 19.5. The Kier molecular flexibility index (Phi) is 5.47. The molecule has 1 aliphatic carbocycles. The molecular weight excluding hydrogens is 481 g/mol. The normalized spacial score (nSPS) is 14.6. The Bertz CT molecular complexity index is 988. The van der Waals surface area contributed by atoms with Gasteiger partial charge in [-0.1, -0.05) is 71.1 Å². The van der Waals surface area contributed by atoms with Crippen molar-refractivity contribution >= 4 is 45.6 Å². The highest BCUT2D eigenvalue weighted by atomic mass is 127. The summed E-state index contributed by atoms with van der Waals surface area (Å²) in [6, 6.07) is 18.9. The van der Waals surface area contributed by atoms with Crippen LogP contribution in [-0.4, -0.2) is 12.6 Å².